The van der Waals surface area contributed by atoms with Crippen LogP contribution in [-0.2, 0) is 4.74 Å². The van der Waals surface area contributed by atoms with Crippen molar-refractivity contribution in [2.75, 3.05) is 26.2 Å². The van der Waals surface area contributed by atoms with Crippen LogP contribution in [0.1, 0.15) is 44.9 Å². The molecule has 1 N–H and O–H groups in total. The van der Waals surface area contributed by atoms with E-state index in [4.69, 9.17) is 4.74 Å². The Bertz CT molecular complexity index is 202. The number of rotatable bonds is 5. The summed E-state index contributed by atoms with van der Waals surface area (Å²) in [6, 6.07) is 0.720. The van der Waals surface area contributed by atoms with E-state index in [1.54, 1.807) is 0 Å². The van der Waals surface area contributed by atoms with Gasteiger partial charge in [-0.15, -0.1) is 0 Å². The molecule has 1 aliphatic carbocycles. The lowest BCUT2D eigenvalue weighted by Crippen LogP contribution is -2.35. The molecular weight excluding hydrogens is 327 g/mol. The van der Waals surface area contributed by atoms with Gasteiger partial charge in [-0.2, -0.15) is 0 Å². The van der Waals surface area contributed by atoms with Gasteiger partial charge >= 0.3 is 0 Å². The lowest BCUT2D eigenvalue weighted by molar-refractivity contribution is 0.0108. The van der Waals surface area contributed by atoms with Gasteiger partial charge in [0.25, 0.3) is 0 Å². The smallest absolute Gasteiger partial charge is 0.0597 e. The maximum absolute atomic E-state index is 6.01. The topological polar surface area (TPSA) is 24.5 Å². The SMILES string of the molecule is IN[C@H]1CC[C@H](OCCN2CCCCC2)CC1. The highest BCUT2D eigenvalue weighted by atomic mass is 127. The molecule has 0 aromatic rings. The molecule has 0 aromatic carbocycles. The molecule has 2 rings (SSSR count). The average Bonchev–Trinajstić information content (AvgIpc) is 2.41. The first-order chi connectivity index (χ1) is 8.38. The van der Waals surface area contributed by atoms with E-state index in [-0.39, 0.29) is 0 Å². The van der Waals surface area contributed by atoms with Crippen LogP contribution < -0.4 is 3.53 Å². The van der Waals surface area contributed by atoms with Crippen LogP contribution in [0.3, 0.4) is 0 Å². The molecule has 0 aromatic heterocycles. The van der Waals surface area contributed by atoms with E-state index in [9.17, 15) is 0 Å². The third-order valence-electron chi connectivity index (χ3n) is 4.04. The molecular formula is C13H25IN2O. The fraction of sp³-hybridized carbons (Fsp3) is 1.00. The highest BCUT2D eigenvalue weighted by Gasteiger charge is 2.20. The highest BCUT2D eigenvalue weighted by Crippen LogP contribution is 2.21. The van der Waals surface area contributed by atoms with Gasteiger partial charge in [0, 0.05) is 35.5 Å². The molecule has 0 amide bonds. The largest absolute Gasteiger partial charge is 0.377 e. The molecule has 2 aliphatic rings. The maximum Gasteiger partial charge on any atom is 0.0597 e. The van der Waals surface area contributed by atoms with Gasteiger partial charge in [-0.25, -0.2) is 0 Å². The van der Waals surface area contributed by atoms with E-state index in [0.717, 1.165) is 19.2 Å². The number of hydrogen-bond acceptors (Lipinski definition) is 3. The molecule has 0 bridgehead atoms. The van der Waals surface area contributed by atoms with Gasteiger partial charge < -0.3 is 9.64 Å². The van der Waals surface area contributed by atoms with Crippen molar-refractivity contribution in [2.45, 2.75) is 57.1 Å². The second kappa shape index (κ2) is 7.92. The van der Waals surface area contributed by atoms with Gasteiger partial charge in [-0.3, -0.25) is 3.53 Å². The molecule has 0 radical (unpaired) electrons. The molecule has 0 spiro atoms. The van der Waals surface area contributed by atoms with Gasteiger partial charge in [-0.1, -0.05) is 6.42 Å². The molecule has 17 heavy (non-hydrogen) atoms. The van der Waals surface area contributed by atoms with Crippen LogP contribution in [0.25, 0.3) is 0 Å². The number of likely N-dealkylation sites (tertiary alicyclic amines) is 1. The summed E-state index contributed by atoms with van der Waals surface area (Å²) >= 11 is 2.27. The quantitative estimate of drug-likeness (QED) is 0.608. The summed E-state index contributed by atoms with van der Waals surface area (Å²) in [4.78, 5) is 2.56. The maximum atomic E-state index is 6.01. The molecule has 2 fully saturated rings. The Morgan fingerprint density at radius 1 is 1.06 bits per heavy atom. The summed E-state index contributed by atoms with van der Waals surface area (Å²) in [6.45, 7) is 4.65. The van der Waals surface area contributed by atoms with Gasteiger partial charge in [-0.05, 0) is 51.6 Å². The van der Waals surface area contributed by atoms with Crippen molar-refractivity contribution >= 4 is 22.9 Å². The first-order valence-electron chi connectivity index (χ1n) is 7.08. The number of nitrogens with zero attached hydrogens (tertiary/aromatic N) is 1. The summed E-state index contributed by atoms with van der Waals surface area (Å²) < 4.78 is 9.35. The van der Waals surface area contributed by atoms with Crippen molar-refractivity contribution in [1.29, 1.82) is 0 Å². The van der Waals surface area contributed by atoms with Gasteiger partial charge in [0.2, 0.25) is 0 Å². The van der Waals surface area contributed by atoms with E-state index in [2.05, 4.69) is 31.3 Å². The van der Waals surface area contributed by atoms with Crippen molar-refractivity contribution in [2.24, 2.45) is 0 Å². The molecule has 1 aliphatic heterocycles. The molecule has 1 saturated carbocycles. The first kappa shape index (κ1) is 14.0. The van der Waals surface area contributed by atoms with Gasteiger partial charge in [0.15, 0.2) is 0 Å². The standard InChI is InChI=1S/C13H25IN2O/c14-15-12-4-6-13(7-5-12)17-11-10-16-8-2-1-3-9-16/h12-13,15H,1-11H2/t12-,13-. The number of halogens is 1. The summed E-state index contributed by atoms with van der Waals surface area (Å²) in [5.41, 5.74) is 0. The minimum absolute atomic E-state index is 0.529. The predicted molar refractivity (Wildman–Crippen MR) is 79.4 cm³/mol. The van der Waals surface area contributed by atoms with E-state index >= 15 is 0 Å². The van der Waals surface area contributed by atoms with Crippen LogP contribution in [-0.4, -0.2) is 43.3 Å². The van der Waals surface area contributed by atoms with Crippen LogP contribution >= 0.6 is 22.9 Å². The fourth-order valence-electron chi connectivity index (χ4n) is 2.87. The number of hydrogen-bond donors (Lipinski definition) is 1. The van der Waals surface area contributed by atoms with Crippen LogP contribution in [0.15, 0.2) is 0 Å². The molecule has 100 valence electrons. The monoisotopic (exact) mass is 352 g/mol. The number of ether oxygens (including phenoxy) is 1. The third kappa shape index (κ3) is 5.01. The highest BCUT2D eigenvalue weighted by molar-refractivity contribution is 14.1. The number of piperidine rings is 1. The molecule has 1 saturated heterocycles. The lowest BCUT2D eigenvalue weighted by atomic mass is 9.94. The van der Waals surface area contributed by atoms with Crippen molar-refractivity contribution < 1.29 is 4.74 Å². The minimum atomic E-state index is 0.529. The zero-order valence-electron chi connectivity index (χ0n) is 10.7. The van der Waals surface area contributed by atoms with E-state index in [1.807, 2.05) is 0 Å². The summed E-state index contributed by atoms with van der Waals surface area (Å²) in [5, 5.41) is 0. The van der Waals surface area contributed by atoms with Gasteiger partial charge in [0.05, 0.1) is 12.7 Å². The molecule has 1 heterocycles. The average molecular weight is 352 g/mol. The molecule has 3 nitrogen and oxygen atoms in total. The van der Waals surface area contributed by atoms with Crippen molar-refractivity contribution in [3.8, 4) is 0 Å². The Balaban J connectivity index is 1.53. The zero-order chi connectivity index (χ0) is 11.9. The lowest BCUT2D eigenvalue weighted by Gasteiger charge is -2.30. The Morgan fingerprint density at radius 2 is 1.76 bits per heavy atom. The van der Waals surface area contributed by atoms with Crippen molar-refractivity contribution in [3.05, 3.63) is 0 Å². The van der Waals surface area contributed by atoms with Crippen LogP contribution in [0, 0.1) is 0 Å². The third-order valence-corrected chi connectivity index (χ3v) is 4.92. The summed E-state index contributed by atoms with van der Waals surface area (Å²) in [5.74, 6) is 0. The predicted octanol–water partition coefficient (Wildman–Crippen LogP) is 2.74. The minimum Gasteiger partial charge on any atom is -0.377 e. The van der Waals surface area contributed by atoms with Crippen LogP contribution in [0.4, 0.5) is 0 Å². The molecule has 0 unspecified atom stereocenters. The van der Waals surface area contributed by atoms with Gasteiger partial charge in [0.1, 0.15) is 0 Å². The first-order valence-corrected chi connectivity index (χ1v) is 8.16. The molecule has 0 atom stereocenters. The van der Waals surface area contributed by atoms with E-state index < -0.39 is 0 Å². The Hall–Kier alpha value is 0.610. The normalized spacial score (nSPS) is 31.6. The van der Waals surface area contributed by atoms with Crippen LogP contribution in [0.5, 0.6) is 0 Å². The molecule has 4 heteroatoms. The second-order valence-electron chi connectivity index (χ2n) is 5.36. The second-order valence-corrected chi connectivity index (χ2v) is 5.98. The zero-order valence-corrected chi connectivity index (χ0v) is 12.8. The van der Waals surface area contributed by atoms with E-state index in [1.165, 1.54) is 58.0 Å². The number of nitrogens with one attached hydrogen (secondary N) is 1. The Labute approximate surface area is 119 Å². The van der Waals surface area contributed by atoms with Crippen LogP contribution in [0.2, 0.25) is 0 Å². The Kier molecular flexibility index (Phi) is 6.53. The fourth-order valence-corrected chi connectivity index (χ4v) is 3.49. The summed E-state index contributed by atoms with van der Waals surface area (Å²) in [6.07, 6.45) is 9.74. The van der Waals surface area contributed by atoms with E-state index in [0.29, 0.717) is 6.10 Å². The van der Waals surface area contributed by atoms with Crippen molar-refractivity contribution in [1.82, 2.24) is 8.43 Å². The summed E-state index contributed by atoms with van der Waals surface area (Å²) in [7, 11) is 0. The Morgan fingerprint density at radius 3 is 2.41 bits per heavy atom. The van der Waals surface area contributed by atoms with Crippen molar-refractivity contribution in [3.63, 3.8) is 0 Å².